The molecule has 4 heteroatoms. The van der Waals surface area contributed by atoms with E-state index in [4.69, 9.17) is 23.2 Å². The van der Waals surface area contributed by atoms with Gasteiger partial charge in [-0.1, -0.05) is 49.2 Å². The third-order valence-corrected chi connectivity index (χ3v) is 4.02. The van der Waals surface area contributed by atoms with Crippen molar-refractivity contribution in [2.45, 2.75) is 26.3 Å². The molecule has 0 fully saturated rings. The quantitative estimate of drug-likeness (QED) is 0.811. The van der Waals surface area contributed by atoms with E-state index in [1.807, 2.05) is 25.2 Å². The summed E-state index contributed by atoms with van der Waals surface area (Å²) in [5, 5.41) is 4.61. The lowest BCUT2D eigenvalue weighted by molar-refractivity contribution is 0.279. The normalized spacial score (nSPS) is 13.3. The van der Waals surface area contributed by atoms with Gasteiger partial charge in [0.2, 0.25) is 0 Å². The third kappa shape index (κ3) is 5.31. The average molecular weight is 303 g/mol. The summed E-state index contributed by atoms with van der Waals surface area (Å²) in [6.07, 6.45) is 1.01. The van der Waals surface area contributed by atoms with Gasteiger partial charge in [-0.25, -0.2) is 0 Å². The van der Waals surface area contributed by atoms with Gasteiger partial charge in [-0.3, -0.25) is 0 Å². The van der Waals surface area contributed by atoms with E-state index in [0.717, 1.165) is 25.1 Å². The van der Waals surface area contributed by atoms with Crippen molar-refractivity contribution in [1.82, 2.24) is 10.2 Å². The van der Waals surface area contributed by atoms with Crippen LogP contribution in [-0.4, -0.2) is 32.1 Å². The molecular weight excluding hydrogens is 279 g/mol. The first-order valence-electron chi connectivity index (χ1n) is 6.75. The Morgan fingerprint density at radius 2 is 1.95 bits per heavy atom. The molecule has 1 aromatic carbocycles. The van der Waals surface area contributed by atoms with Crippen molar-refractivity contribution in [2.24, 2.45) is 5.92 Å². The second kappa shape index (κ2) is 8.11. The topological polar surface area (TPSA) is 15.3 Å². The molecule has 0 aromatic heterocycles. The van der Waals surface area contributed by atoms with Crippen LogP contribution >= 0.6 is 23.2 Å². The predicted octanol–water partition coefficient (Wildman–Crippen LogP) is 4.23. The Balaban J connectivity index is 2.66. The van der Waals surface area contributed by atoms with E-state index < -0.39 is 0 Å². The highest BCUT2D eigenvalue weighted by Crippen LogP contribution is 2.31. The minimum absolute atomic E-state index is 0.237. The van der Waals surface area contributed by atoms with Crippen LogP contribution in [0.4, 0.5) is 0 Å². The van der Waals surface area contributed by atoms with Gasteiger partial charge in [0, 0.05) is 12.6 Å². The zero-order chi connectivity index (χ0) is 14.4. The fourth-order valence-corrected chi connectivity index (χ4v) is 2.75. The Bertz CT molecular complexity index is 394. The highest BCUT2D eigenvalue weighted by Gasteiger charge is 2.15. The van der Waals surface area contributed by atoms with Gasteiger partial charge in [0.1, 0.15) is 0 Å². The van der Waals surface area contributed by atoms with Gasteiger partial charge >= 0.3 is 0 Å². The molecule has 2 nitrogen and oxygen atoms in total. The fourth-order valence-electron chi connectivity index (χ4n) is 2.31. The molecule has 0 heterocycles. The van der Waals surface area contributed by atoms with E-state index in [1.165, 1.54) is 0 Å². The number of halogens is 2. The molecule has 0 bridgehead atoms. The van der Waals surface area contributed by atoms with Crippen molar-refractivity contribution in [3.05, 3.63) is 33.8 Å². The van der Waals surface area contributed by atoms with Crippen LogP contribution in [-0.2, 0) is 0 Å². The molecule has 1 unspecified atom stereocenters. The molecule has 0 amide bonds. The molecule has 0 radical (unpaired) electrons. The summed E-state index contributed by atoms with van der Waals surface area (Å²) in [7, 11) is 4.12. The van der Waals surface area contributed by atoms with E-state index in [0.29, 0.717) is 16.0 Å². The van der Waals surface area contributed by atoms with Gasteiger partial charge in [-0.15, -0.1) is 0 Å². The molecule has 0 spiro atoms. The first-order valence-corrected chi connectivity index (χ1v) is 7.51. The molecule has 1 N–H and O–H groups in total. The second-order valence-corrected chi connectivity index (χ2v) is 6.21. The van der Waals surface area contributed by atoms with Crippen LogP contribution in [0.1, 0.15) is 31.9 Å². The molecule has 1 rings (SSSR count). The summed E-state index contributed by atoms with van der Waals surface area (Å²) in [5.74, 6) is 0.688. The summed E-state index contributed by atoms with van der Waals surface area (Å²) in [4.78, 5) is 2.35. The van der Waals surface area contributed by atoms with Gasteiger partial charge in [-0.05, 0) is 44.6 Å². The molecular formula is C15H24Cl2N2. The lowest BCUT2D eigenvalue weighted by atomic mass is 10.0. The Labute approximate surface area is 127 Å². The van der Waals surface area contributed by atoms with Crippen molar-refractivity contribution < 1.29 is 0 Å². The molecule has 19 heavy (non-hydrogen) atoms. The van der Waals surface area contributed by atoms with E-state index in [2.05, 4.69) is 31.1 Å². The number of hydrogen-bond acceptors (Lipinski definition) is 2. The van der Waals surface area contributed by atoms with Gasteiger partial charge in [0.25, 0.3) is 0 Å². The summed E-state index contributed by atoms with van der Waals surface area (Å²) in [6.45, 7) is 6.62. The standard InChI is InChI=1S/C15H24Cl2N2/c1-11(2)10-19(4)9-8-14(18-3)12-6-5-7-13(16)15(12)17/h5-7,11,14,18H,8-10H2,1-4H3. The maximum Gasteiger partial charge on any atom is 0.0640 e. The maximum absolute atomic E-state index is 6.28. The first-order chi connectivity index (χ1) is 8.95. The number of nitrogens with zero attached hydrogens (tertiary/aromatic N) is 1. The Kier molecular flexibility index (Phi) is 7.16. The van der Waals surface area contributed by atoms with E-state index >= 15 is 0 Å². The molecule has 0 aliphatic heterocycles. The van der Waals surface area contributed by atoms with Crippen molar-refractivity contribution in [2.75, 3.05) is 27.2 Å². The molecule has 108 valence electrons. The average Bonchev–Trinajstić information content (AvgIpc) is 2.34. The van der Waals surface area contributed by atoms with Gasteiger partial charge in [0.05, 0.1) is 10.0 Å². The Morgan fingerprint density at radius 3 is 2.53 bits per heavy atom. The first kappa shape index (κ1) is 16.8. The Morgan fingerprint density at radius 1 is 1.26 bits per heavy atom. The van der Waals surface area contributed by atoms with Crippen molar-refractivity contribution in [3.8, 4) is 0 Å². The number of hydrogen-bond donors (Lipinski definition) is 1. The van der Waals surface area contributed by atoms with Crippen LogP contribution in [0, 0.1) is 5.92 Å². The minimum Gasteiger partial charge on any atom is -0.313 e. The Hall–Kier alpha value is -0.280. The zero-order valence-electron chi connectivity index (χ0n) is 12.2. The summed E-state index contributed by atoms with van der Waals surface area (Å²) >= 11 is 12.4. The molecule has 0 saturated carbocycles. The monoisotopic (exact) mass is 302 g/mol. The third-order valence-electron chi connectivity index (χ3n) is 3.18. The van der Waals surface area contributed by atoms with Gasteiger partial charge < -0.3 is 10.2 Å². The predicted molar refractivity (Wildman–Crippen MR) is 85.2 cm³/mol. The van der Waals surface area contributed by atoms with Crippen LogP contribution in [0.5, 0.6) is 0 Å². The lowest BCUT2D eigenvalue weighted by Gasteiger charge is -2.23. The van der Waals surface area contributed by atoms with Crippen LogP contribution < -0.4 is 5.32 Å². The highest BCUT2D eigenvalue weighted by molar-refractivity contribution is 6.42. The highest BCUT2D eigenvalue weighted by atomic mass is 35.5. The van der Waals surface area contributed by atoms with E-state index in [9.17, 15) is 0 Å². The number of rotatable bonds is 7. The molecule has 0 aliphatic carbocycles. The molecule has 0 saturated heterocycles. The SMILES string of the molecule is CNC(CCN(C)CC(C)C)c1cccc(Cl)c1Cl. The van der Waals surface area contributed by atoms with Gasteiger partial charge in [0.15, 0.2) is 0 Å². The number of nitrogens with one attached hydrogen (secondary N) is 1. The van der Waals surface area contributed by atoms with Crippen molar-refractivity contribution in [1.29, 1.82) is 0 Å². The van der Waals surface area contributed by atoms with Crippen LogP contribution in [0.3, 0.4) is 0 Å². The zero-order valence-corrected chi connectivity index (χ0v) is 13.7. The van der Waals surface area contributed by atoms with Crippen LogP contribution in [0.15, 0.2) is 18.2 Å². The summed E-state index contributed by atoms with van der Waals surface area (Å²) < 4.78 is 0. The minimum atomic E-state index is 0.237. The van der Waals surface area contributed by atoms with Crippen molar-refractivity contribution >= 4 is 23.2 Å². The summed E-state index contributed by atoms with van der Waals surface area (Å²) in [6, 6.07) is 6.05. The maximum atomic E-state index is 6.28. The largest absolute Gasteiger partial charge is 0.313 e. The molecule has 1 atom stereocenters. The number of benzene rings is 1. The second-order valence-electron chi connectivity index (χ2n) is 5.43. The van der Waals surface area contributed by atoms with Crippen LogP contribution in [0.25, 0.3) is 0 Å². The summed E-state index contributed by atoms with van der Waals surface area (Å²) in [5.41, 5.74) is 1.08. The smallest absolute Gasteiger partial charge is 0.0640 e. The lowest BCUT2D eigenvalue weighted by Crippen LogP contribution is -2.28. The van der Waals surface area contributed by atoms with Gasteiger partial charge in [-0.2, -0.15) is 0 Å². The molecule has 0 aliphatic rings. The van der Waals surface area contributed by atoms with Crippen molar-refractivity contribution in [3.63, 3.8) is 0 Å². The van der Waals surface area contributed by atoms with E-state index in [1.54, 1.807) is 0 Å². The van der Waals surface area contributed by atoms with E-state index in [-0.39, 0.29) is 6.04 Å². The van der Waals surface area contributed by atoms with Crippen LogP contribution in [0.2, 0.25) is 10.0 Å². The fraction of sp³-hybridized carbons (Fsp3) is 0.600. The molecule has 1 aromatic rings.